The Balaban J connectivity index is 0.000000324. The Bertz CT molecular complexity index is 429. The summed E-state index contributed by atoms with van der Waals surface area (Å²) < 4.78 is 0.0717. The summed E-state index contributed by atoms with van der Waals surface area (Å²) in [5.74, 6) is 0. The molecule has 0 N–H and O–H groups in total. The molecule has 2 rings (SSSR count). The molecule has 0 bridgehead atoms. The third kappa shape index (κ3) is 9.11. The Hall–Kier alpha value is -0.481. The molecule has 2 nitrogen and oxygen atoms in total. The second-order valence-corrected chi connectivity index (χ2v) is 5.42. The first-order valence-corrected chi connectivity index (χ1v) is 6.94. The summed E-state index contributed by atoms with van der Waals surface area (Å²) >= 11 is 5.71. The van der Waals surface area contributed by atoms with Gasteiger partial charge in [-0.3, -0.25) is 9.59 Å². The molecule has 0 unspecified atom stereocenters. The Morgan fingerprint density at radius 3 is 1.21 bits per heavy atom. The van der Waals surface area contributed by atoms with Gasteiger partial charge in [-0.2, -0.15) is 24.3 Å². The van der Waals surface area contributed by atoms with E-state index in [0.29, 0.717) is 12.8 Å². The van der Waals surface area contributed by atoms with Crippen molar-refractivity contribution in [2.45, 2.75) is 12.8 Å². The number of hydrogen-bond acceptors (Lipinski definition) is 2. The van der Waals surface area contributed by atoms with E-state index >= 15 is 0 Å². The molecule has 102 valence electrons. The van der Waals surface area contributed by atoms with E-state index in [1.807, 2.05) is 48.5 Å². The first kappa shape index (κ1) is 18.5. The fourth-order valence-corrected chi connectivity index (χ4v) is 2.03. The van der Waals surface area contributed by atoms with Gasteiger partial charge in [0.2, 0.25) is 0 Å². The molecule has 19 heavy (non-hydrogen) atoms. The van der Waals surface area contributed by atoms with Crippen LogP contribution in [0.3, 0.4) is 0 Å². The number of halogens is 2. The van der Waals surface area contributed by atoms with Crippen molar-refractivity contribution >= 4 is 41.2 Å². The monoisotopic (exact) mass is 426 g/mol. The first-order valence-electron chi connectivity index (χ1n) is 5.36. The molecule has 0 radical (unpaired) electrons. The molecule has 0 aliphatic carbocycles. The molecule has 0 saturated carbocycles. The zero-order valence-corrected chi connectivity index (χ0v) is 14.2. The van der Waals surface area contributed by atoms with Crippen molar-refractivity contribution in [2.75, 3.05) is 0 Å². The molecule has 2 aromatic carbocycles. The topological polar surface area (TPSA) is 34.1 Å². The summed E-state index contributed by atoms with van der Waals surface area (Å²) in [6.07, 6.45) is 0.986. The van der Waals surface area contributed by atoms with E-state index in [1.54, 1.807) is 0 Å². The van der Waals surface area contributed by atoms with E-state index in [1.165, 1.54) is 0 Å². The van der Waals surface area contributed by atoms with Crippen LogP contribution in [0, 0.1) is 0 Å². The zero-order valence-electron chi connectivity index (χ0n) is 9.96. The summed E-state index contributed by atoms with van der Waals surface area (Å²) in [7, 11) is 0. The fraction of sp³-hybridized carbons (Fsp3) is 0.143. The maximum Gasteiger partial charge on any atom is 2.00 e. The second-order valence-electron chi connectivity index (χ2n) is 3.65. The largest absolute Gasteiger partial charge is 2.00 e. The Morgan fingerprint density at radius 1 is 0.737 bits per heavy atom. The molecule has 0 amide bonds. The molecule has 0 aliphatic heterocycles. The van der Waals surface area contributed by atoms with E-state index in [0.717, 1.165) is 11.1 Å². The minimum atomic E-state index is 0. The molecule has 0 spiro atoms. The number of rotatable bonds is 4. The van der Waals surface area contributed by atoms with Crippen LogP contribution in [0.2, 0.25) is 0 Å². The van der Waals surface area contributed by atoms with Gasteiger partial charge in [-0.25, -0.2) is 24.3 Å². The predicted molar refractivity (Wildman–Crippen MR) is 79.3 cm³/mol. The quantitative estimate of drug-likeness (QED) is 0.423. The van der Waals surface area contributed by atoms with E-state index in [-0.39, 0.29) is 26.5 Å². The van der Waals surface area contributed by atoms with Gasteiger partial charge in [0.05, 0.1) is 0 Å². The fourth-order valence-electron chi connectivity index (χ4n) is 1.38. The summed E-state index contributed by atoms with van der Waals surface area (Å²) in [5, 5.41) is 0. The van der Waals surface area contributed by atoms with Crippen LogP contribution >= 0.6 is 31.9 Å². The molecule has 0 fully saturated rings. The number of hydrogen-bond donors (Lipinski definition) is 0. The standard InChI is InChI=1S/2C7H6BrO.Fe/c2*8-7(9)5-6-3-1-2-4-6;/h2*1-4H,5H2;/q2*-1;+2. The maximum absolute atomic E-state index is 10.4. The van der Waals surface area contributed by atoms with E-state index in [4.69, 9.17) is 0 Å². The van der Waals surface area contributed by atoms with Crippen LogP contribution in [0.4, 0.5) is 0 Å². The maximum atomic E-state index is 10.4. The van der Waals surface area contributed by atoms with Crippen LogP contribution in [0.25, 0.3) is 0 Å². The van der Waals surface area contributed by atoms with Gasteiger partial charge in [0.1, 0.15) is 0 Å². The smallest absolute Gasteiger partial charge is 0.287 e. The van der Waals surface area contributed by atoms with Gasteiger partial charge in [-0.1, -0.05) is 0 Å². The van der Waals surface area contributed by atoms with Crippen molar-refractivity contribution in [1.82, 2.24) is 0 Å². The van der Waals surface area contributed by atoms with Crippen molar-refractivity contribution < 1.29 is 26.7 Å². The van der Waals surface area contributed by atoms with Crippen molar-refractivity contribution in [2.24, 2.45) is 0 Å². The normalized spacial score (nSPS) is 8.95. The third-order valence-electron chi connectivity index (χ3n) is 2.15. The van der Waals surface area contributed by atoms with Crippen molar-refractivity contribution in [3.05, 3.63) is 59.7 Å². The van der Waals surface area contributed by atoms with Crippen LogP contribution in [0.5, 0.6) is 0 Å². The van der Waals surface area contributed by atoms with Crippen molar-refractivity contribution in [3.8, 4) is 0 Å². The van der Waals surface area contributed by atoms with Gasteiger partial charge < -0.3 is 0 Å². The average Bonchev–Trinajstić information content (AvgIpc) is 2.90. The van der Waals surface area contributed by atoms with Crippen LogP contribution in [0.1, 0.15) is 11.1 Å². The molecule has 0 heterocycles. The third-order valence-corrected chi connectivity index (χ3v) is 2.71. The van der Waals surface area contributed by atoms with Gasteiger partial charge >= 0.3 is 17.1 Å². The molecule has 0 saturated heterocycles. The molecule has 5 heteroatoms. The molecular weight excluding hydrogens is 416 g/mol. The Labute approximate surface area is 140 Å². The van der Waals surface area contributed by atoms with E-state index < -0.39 is 0 Å². The number of carbonyl (C=O) groups excluding carboxylic acids is 2. The molecule has 0 aromatic heterocycles. The molecular formula is C14H12Br2FeO2. The van der Waals surface area contributed by atoms with Gasteiger partial charge in [0, 0.05) is 0 Å². The minimum absolute atomic E-state index is 0. The summed E-state index contributed by atoms with van der Waals surface area (Å²) in [6, 6.07) is 15.4. The first-order chi connectivity index (χ1) is 8.58. The van der Waals surface area contributed by atoms with Gasteiger partial charge in [-0.05, 0) is 44.7 Å². The molecule has 2 aromatic rings. The van der Waals surface area contributed by atoms with Crippen molar-refractivity contribution in [1.29, 1.82) is 0 Å². The Morgan fingerprint density at radius 2 is 1.00 bits per heavy atom. The van der Waals surface area contributed by atoms with Crippen LogP contribution < -0.4 is 0 Å². The second kappa shape index (κ2) is 10.3. The SMILES string of the molecule is O=C(Br)C[c-]1cccc1.O=C(Br)C[c-]1cccc1.[Fe+2]. The van der Waals surface area contributed by atoms with Crippen LogP contribution in [0.15, 0.2) is 48.5 Å². The van der Waals surface area contributed by atoms with E-state index in [2.05, 4.69) is 31.9 Å². The van der Waals surface area contributed by atoms with Crippen LogP contribution in [-0.4, -0.2) is 9.39 Å². The zero-order chi connectivity index (χ0) is 13.4. The predicted octanol–water partition coefficient (Wildman–Crippen LogP) is 3.74. The molecule has 0 atom stereocenters. The van der Waals surface area contributed by atoms with Crippen molar-refractivity contribution in [3.63, 3.8) is 0 Å². The van der Waals surface area contributed by atoms with Gasteiger partial charge in [0.25, 0.3) is 0 Å². The van der Waals surface area contributed by atoms with E-state index in [9.17, 15) is 9.59 Å². The van der Waals surface area contributed by atoms with Gasteiger partial charge in [-0.15, -0.1) is 11.1 Å². The Kier molecular flexibility index (Phi) is 10.1. The number of carbonyl (C=O) groups is 2. The summed E-state index contributed by atoms with van der Waals surface area (Å²) in [5.41, 5.74) is 2.13. The van der Waals surface area contributed by atoms with Crippen LogP contribution in [-0.2, 0) is 39.5 Å². The summed E-state index contributed by atoms with van der Waals surface area (Å²) in [4.78, 5) is 20.9. The minimum Gasteiger partial charge on any atom is -0.287 e. The molecule has 0 aliphatic rings. The van der Waals surface area contributed by atoms with Gasteiger partial charge in [0.15, 0.2) is 9.39 Å². The summed E-state index contributed by atoms with van der Waals surface area (Å²) in [6.45, 7) is 0. The average molecular weight is 428 g/mol.